The standard InChI is InChI=1S/C31H39N5O3S/c1-38-25-9-10-27(29(20-25)39-2)23-6-4-8-26(19-23)40-35-28(18-22-5-3-7-24(17-22)30(33)34)31(37)36-15-12-21(11-14-32)13-16-36/h3-10,17,19-21,28,35H,11-16,18,32H2,1-2H3,(H3,33,34). The maximum absolute atomic E-state index is 13.8. The summed E-state index contributed by atoms with van der Waals surface area (Å²) in [6.45, 7) is 2.17. The van der Waals surface area contributed by atoms with Crippen molar-refractivity contribution in [3.63, 3.8) is 0 Å². The summed E-state index contributed by atoms with van der Waals surface area (Å²) in [6, 6.07) is 21.0. The second kappa shape index (κ2) is 14.2. The minimum Gasteiger partial charge on any atom is -0.497 e. The Labute approximate surface area is 241 Å². The van der Waals surface area contributed by atoms with Crippen molar-refractivity contribution in [1.29, 1.82) is 5.41 Å². The fourth-order valence-electron chi connectivity index (χ4n) is 5.08. The number of nitrogens with one attached hydrogen (secondary N) is 2. The molecule has 1 unspecified atom stereocenters. The van der Waals surface area contributed by atoms with E-state index in [2.05, 4.69) is 10.8 Å². The third-order valence-corrected chi connectivity index (χ3v) is 8.24. The Hall–Kier alpha value is -3.53. The van der Waals surface area contributed by atoms with Crippen molar-refractivity contribution < 1.29 is 14.3 Å². The molecule has 0 spiro atoms. The molecule has 1 amide bonds. The number of amidine groups is 1. The van der Waals surface area contributed by atoms with Crippen LogP contribution in [0, 0.1) is 11.3 Å². The van der Waals surface area contributed by atoms with Gasteiger partial charge in [0.2, 0.25) is 5.91 Å². The first-order chi connectivity index (χ1) is 19.4. The predicted molar refractivity (Wildman–Crippen MR) is 162 cm³/mol. The molecule has 6 N–H and O–H groups in total. The maximum atomic E-state index is 13.8. The van der Waals surface area contributed by atoms with Crippen LogP contribution in [0.4, 0.5) is 0 Å². The third kappa shape index (κ3) is 7.56. The van der Waals surface area contributed by atoms with E-state index in [-0.39, 0.29) is 11.7 Å². The number of nitrogens with two attached hydrogens (primary N) is 2. The van der Waals surface area contributed by atoms with E-state index in [9.17, 15) is 4.79 Å². The molecule has 1 fully saturated rings. The number of methoxy groups -OCH3 is 2. The first kappa shape index (κ1) is 29.5. The molecule has 212 valence electrons. The summed E-state index contributed by atoms with van der Waals surface area (Å²) in [5.74, 6) is 2.14. The number of ether oxygens (including phenoxy) is 2. The minimum absolute atomic E-state index is 0.0137. The Balaban J connectivity index is 1.53. The highest BCUT2D eigenvalue weighted by molar-refractivity contribution is 7.97. The molecule has 3 aromatic rings. The normalized spacial score (nSPS) is 14.5. The van der Waals surface area contributed by atoms with Crippen LogP contribution < -0.4 is 25.7 Å². The topological polar surface area (TPSA) is 127 Å². The smallest absolute Gasteiger partial charge is 0.240 e. The summed E-state index contributed by atoms with van der Waals surface area (Å²) >= 11 is 1.44. The molecular formula is C31H39N5O3S. The Kier molecular flexibility index (Phi) is 10.5. The van der Waals surface area contributed by atoms with Gasteiger partial charge in [-0.25, -0.2) is 4.72 Å². The summed E-state index contributed by atoms with van der Waals surface area (Å²) in [4.78, 5) is 16.7. The van der Waals surface area contributed by atoms with Gasteiger partial charge in [-0.15, -0.1) is 0 Å². The molecule has 1 aliphatic heterocycles. The zero-order chi connectivity index (χ0) is 28.5. The van der Waals surface area contributed by atoms with Gasteiger partial charge in [0.1, 0.15) is 23.4 Å². The Morgan fingerprint density at radius 1 is 1.07 bits per heavy atom. The summed E-state index contributed by atoms with van der Waals surface area (Å²) in [7, 11) is 3.28. The third-order valence-electron chi connectivity index (χ3n) is 7.35. The van der Waals surface area contributed by atoms with E-state index in [1.165, 1.54) is 11.9 Å². The number of carbonyl (C=O) groups is 1. The molecule has 0 aromatic heterocycles. The lowest BCUT2D eigenvalue weighted by Crippen LogP contribution is -2.48. The van der Waals surface area contributed by atoms with E-state index in [4.69, 9.17) is 26.4 Å². The van der Waals surface area contributed by atoms with Crippen LogP contribution in [0.1, 0.15) is 30.4 Å². The Morgan fingerprint density at radius 2 is 1.85 bits per heavy atom. The van der Waals surface area contributed by atoms with Crippen molar-refractivity contribution >= 4 is 23.7 Å². The predicted octanol–water partition coefficient (Wildman–Crippen LogP) is 4.45. The number of hydrogen-bond acceptors (Lipinski definition) is 7. The van der Waals surface area contributed by atoms with E-state index >= 15 is 0 Å². The van der Waals surface area contributed by atoms with Gasteiger partial charge in [0.15, 0.2) is 0 Å². The quantitative estimate of drug-likeness (QED) is 0.146. The first-order valence-corrected chi connectivity index (χ1v) is 14.4. The second-order valence-electron chi connectivity index (χ2n) is 10.0. The highest BCUT2D eigenvalue weighted by atomic mass is 32.2. The average molecular weight is 562 g/mol. The monoisotopic (exact) mass is 561 g/mol. The van der Waals surface area contributed by atoms with Crippen molar-refractivity contribution in [2.75, 3.05) is 33.9 Å². The van der Waals surface area contributed by atoms with Gasteiger partial charge in [-0.2, -0.15) is 0 Å². The summed E-state index contributed by atoms with van der Waals surface area (Å²) in [6.07, 6.45) is 3.46. The molecule has 0 bridgehead atoms. The highest BCUT2D eigenvalue weighted by Gasteiger charge is 2.28. The number of nitrogens with zero attached hydrogens (tertiary/aromatic N) is 1. The zero-order valence-electron chi connectivity index (χ0n) is 23.2. The van der Waals surface area contributed by atoms with E-state index in [1.54, 1.807) is 14.2 Å². The van der Waals surface area contributed by atoms with Gasteiger partial charge in [-0.3, -0.25) is 10.2 Å². The lowest BCUT2D eigenvalue weighted by molar-refractivity contribution is -0.134. The minimum atomic E-state index is -0.447. The largest absolute Gasteiger partial charge is 0.497 e. The van der Waals surface area contributed by atoms with Gasteiger partial charge in [0, 0.05) is 35.2 Å². The first-order valence-electron chi connectivity index (χ1n) is 13.6. The number of rotatable bonds is 12. The van der Waals surface area contributed by atoms with Gasteiger partial charge >= 0.3 is 0 Å². The molecule has 8 nitrogen and oxygen atoms in total. The van der Waals surface area contributed by atoms with E-state index in [1.807, 2.05) is 65.6 Å². The lowest BCUT2D eigenvalue weighted by atomic mass is 9.93. The molecular weight excluding hydrogens is 522 g/mol. The molecule has 1 atom stereocenters. The van der Waals surface area contributed by atoms with Crippen molar-refractivity contribution in [3.05, 3.63) is 77.9 Å². The number of piperidine rings is 1. The maximum Gasteiger partial charge on any atom is 0.240 e. The van der Waals surface area contributed by atoms with Crippen LogP contribution in [0.3, 0.4) is 0 Å². The number of nitrogen functional groups attached to an aromatic ring is 1. The van der Waals surface area contributed by atoms with Crippen LogP contribution in [-0.2, 0) is 11.2 Å². The van der Waals surface area contributed by atoms with Gasteiger partial charge in [0.25, 0.3) is 0 Å². The molecule has 1 saturated heterocycles. The van der Waals surface area contributed by atoms with Gasteiger partial charge in [-0.05, 0) is 91.6 Å². The average Bonchev–Trinajstić information content (AvgIpc) is 2.99. The van der Waals surface area contributed by atoms with Crippen molar-refractivity contribution in [1.82, 2.24) is 9.62 Å². The zero-order valence-corrected chi connectivity index (χ0v) is 24.0. The second-order valence-corrected chi connectivity index (χ2v) is 10.9. The van der Waals surface area contributed by atoms with Crippen LogP contribution in [-0.4, -0.2) is 56.5 Å². The number of carbonyl (C=O) groups excluding carboxylic acids is 1. The van der Waals surface area contributed by atoms with Crippen LogP contribution in [0.2, 0.25) is 0 Å². The van der Waals surface area contributed by atoms with Gasteiger partial charge in [0.05, 0.1) is 14.2 Å². The fourth-order valence-corrected chi connectivity index (χ4v) is 5.88. The van der Waals surface area contributed by atoms with E-state index in [0.717, 1.165) is 65.4 Å². The molecule has 0 aliphatic carbocycles. The molecule has 4 rings (SSSR count). The van der Waals surface area contributed by atoms with E-state index < -0.39 is 6.04 Å². The number of amides is 1. The summed E-state index contributed by atoms with van der Waals surface area (Å²) in [5.41, 5.74) is 15.1. The molecule has 9 heteroatoms. The van der Waals surface area contributed by atoms with Crippen LogP contribution in [0.5, 0.6) is 11.5 Å². The molecule has 0 radical (unpaired) electrons. The molecule has 1 heterocycles. The van der Waals surface area contributed by atoms with Gasteiger partial charge < -0.3 is 25.8 Å². The molecule has 3 aromatic carbocycles. The highest BCUT2D eigenvalue weighted by Crippen LogP contribution is 2.35. The Morgan fingerprint density at radius 3 is 2.55 bits per heavy atom. The molecule has 1 aliphatic rings. The lowest BCUT2D eigenvalue weighted by Gasteiger charge is -2.34. The summed E-state index contributed by atoms with van der Waals surface area (Å²) < 4.78 is 14.4. The molecule has 40 heavy (non-hydrogen) atoms. The number of hydrogen-bond donors (Lipinski definition) is 4. The number of benzene rings is 3. The Bertz CT molecular complexity index is 1310. The molecule has 0 saturated carbocycles. The fraction of sp³-hybridized carbons (Fsp3) is 0.355. The van der Waals surface area contributed by atoms with Crippen LogP contribution in [0.15, 0.2) is 71.6 Å². The number of likely N-dealkylation sites (tertiary alicyclic amines) is 1. The van der Waals surface area contributed by atoms with Crippen molar-refractivity contribution in [2.24, 2.45) is 17.4 Å². The van der Waals surface area contributed by atoms with Crippen molar-refractivity contribution in [3.8, 4) is 22.6 Å². The van der Waals surface area contributed by atoms with Crippen LogP contribution >= 0.6 is 11.9 Å². The SMILES string of the molecule is COc1ccc(-c2cccc(SNC(Cc3cccc(C(=N)N)c3)C(=O)N3CCC(CCN)CC3)c2)c(OC)c1. The summed E-state index contributed by atoms with van der Waals surface area (Å²) in [5, 5.41) is 7.81. The van der Waals surface area contributed by atoms with Crippen molar-refractivity contribution in [2.45, 2.75) is 36.6 Å². The van der Waals surface area contributed by atoms with E-state index in [0.29, 0.717) is 24.4 Å². The van der Waals surface area contributed by atoms with Gasteiger partial charge in [-0.1, -0.05) is 30.3 Å². The van der Waals surface area contributed by atoms with Crippen LogP contribution in [0.25, 0.3) is 11.1 Å².